The predicted octanol–water partition coefficient (Wildman–Crippen LogP) is 1.67. The number of unbranched alkanes of at least 4 members (excludes halogenated alkanes) is 5. The van der Waals surface area contributed by atoms with E-state index in [0.29, 0.717) is 0 Å². The first-order valence-electron chi connectivity index (χ1n) is 22.4. The fraction of sp³-hybridized carbons (Fsp3) is 0.622. The molecule has 0 aliphatic carbocycles. The first-order chi connectivity index (χ1) is 31.2. The molecule has 21 nitrogen and oxygen atoms in total. The smallest absolute Gasteiger partial charge is 0.325 e. The quantitative estimate of drug-likeness (QED) is 0.0387. The molecule has 66 heavy (non-hydrogen) atoms. The molecule has 0 aromatic rings. The van der Waals surface area contributed by atoms with Gasteiger partial charge in [0.05, 0.1) is 18.1 Å². The zero-order chi connectivity index (χ0) is 49.7. The number of amides is 9. The SMILES string of the molecule is CC/C=C1/NC(=O)/C=C/[C@@H](C(C)C)OC(=O)C(C)(C)C(C[C@H](/C=C/C=C/CCCCCCC)OC)OC(=O)CNC(=O)C(CNC(N)=O)NC(=O)CNC(=O)[C@@H](CCCNC(N)=O)NC1=O. The van der Waals surface area contributed by atoms with Crippen molar-refractivity contribution >= 4 is 53.5 Å². The van der Waals surface area contributed by atoms with Crippen molar-refractivity contribution in [1.29, 1.82) is 0 Å². The Bertz CT molecular complexity index is 1760. The Balaban J connectivity index is 3.65. The van der Waals surface area contributed by atoms with Crippen LogP contribution in [0.3, 0.4) is 0 Å². The van der Waals surface area contributed by atoms with Crippen molar-refractivity contribution in [2.24, 2.45) is 22.8 Å². The molecule has 5 atom stereocenters. The summed E-state index contributed by atoms with van der Waals surface area (Å²) >= 11 is 0. The number of primary amides is 2. The van der Waals surface area contributed by atoms with Gasteiger partial charge in [-0.3, -0.25) is 33.6 Å². The molecule has 0 bridgehead atoms. The van der Waals surface area contributed by atoms with Gasteiger partial charge in [0.1, 0.15) is 36.5 Å². The van der Waals surface area contributed by atoms with Crippen molar-refractivity contribution < 1.29 is 57.4 Å². The normalized spacial score (nSPS) is 22.5. The highest BCUT2D eigenvalue weighted by Crippen LogP contribution is 2.31. The Morgan fingerprint density at radius 2 is 1.55 bits per heavy atom. The summed E-state index contributed by atoms with van der Waals surface area (Å²) in [5.41, 5.74) is 8.58. The summed E-state index contributed by atoms with van der Waals surface area (Å²) in [7, 11) is 1.46. The molecular formula is C45H73N9O12. The Morgan fingerprint density at radius 3 is 2.18 bits per heavy atom. The first-order valence-corrected chi connectivity index (χ1v) is 22.4. The van der Waals surface area contributed by atoms with E-state index in [1.807, 2.05) is 12.2 Å². The van der Waals surface area contributed by atoms with Crippen LogP contribution in [0.25, 0.3) is 0 Å². The fourth-order valence-electron chi connectivity index (χ4n) is 6.20. The summed E-state index contributed by atoms with van der Waals surface area (Å²) in [4.78, 5) is 117. The average Bonchev–Trinajstić information content (AvgIpc) is 3.26. The maximum atomic E-state index is 14.1. The molecule has 9 amide bonds. The summed E-state index contributed by atoms with van der Waals surface area (Å²) in [6, 6.07) is -4.67. The van der Waals surface area contributed by atoms with Crippen LogP contribution in [0.5, 0.6) is 0 Å². The highest BCUT2D eigenvalue weighted by atomic mass is 16.6. The second kappa shape index (κ2) is 31.6. The van der Waals surface area contributed by atoms with Gasteiger partial charge in [-0.15, -0.1) is 0 Å². The molecule has 0 aromatic heterocycles. The van der Waals surface area contributed by atoms with Gasteiger partial charge in [0.2, 0.25) is 23.6 Å². The molecule has 11 N–H and O–H groups in total. The van der Waals surface area contributed by atoms with E-state index in [9.17, 15) is 43.2 Å². The number of hydrogen-bond donors (Lipinski definition) is 9. The molecule has 1 aliphatic rings. The lowest BCUT2D eigenvalue weighted by atomic mass is 9.83. The highest BCUT2D eigenvalue weighted by Gasteiger charge is 2.43. The third kappa shape index (κ3) is 23.6. The number of esters is 2. The second-order valence-electron chi connectivity index (χ2n) is 16.5. The highest BCUT2D eigenvalue weighted by molar-refractivity contribution is 6.02. The molecule has 0 radical (unpaired) electrons. The van der Waals surface area contributed by atoms with Crippen LogP contribution in [0.1, 0.15) is 106 Å². The van der Waals surface area contributed by atoms with Gasteiger partial charge >= 0.3 is 24.0 Å². The van der Waals surface area contributed by atoms with Crippen molar-refractivity contribution in [1.82, 2.24) is 37.2 Å². The number of allylic oxidation sites excluding steroid dienone is 4. The minimum absolute atomic E-state index is 0.0309. The summed E-state index contributed by atoms with van der Waals surface area (Å²) in [5.74, 6) is -6.48. The van der Waals surface area contributed by atoms with Crippen LogP contribution in [0, 0.1) is 11.3 Å². The number of cyclic esters (lactones) is 2. The van der Waals surface area contributed by atoms with Gasteiger partial charge in [0.25, 0.3) is 5.91 Å². The third-order valence-electron chi connectivity index (χ3n) is 10.2. The van der Waals surface area contributed by atoms with Crippen molar-refractivity contribution in [3.8, 4) is 0 Å². The number of urea groups is 2. The fourth-order valence-corrected chi connectivity index (χ4v) is 6.20. The van der Waals surface area contributed by atoms with Crippen LogP contribution < -0.4 is 48.7 Å². The number of rotatable bonds is 19. The minimum atomic E-state index is -1.55. The Hall–Kier alpha value is -6.25. The molecule has 0 saturated heterocycles. The van der Waals surface area contributed by atoms with Crippen LogP contribution in [-0.4, -0.2) is 117 Å². The molecule has 2 unspecified atom stereocenters. The van der Waals surface area contributed by atoms with Crippen molar-refractivity contribution in [3.05, 3.63) is 48.2 Å². The van der Waals surface area contributed by atoms with Crippen LogP contribution in [0.2, 0.25) is 0 Å². The minimum Gasteiger partial charge on any atom is -0.460 e. The summed E-state index contributed by atoms with van der Waals surface area (Å²) in [6.07, 6.45) is 15.4. The first kappa shape index (κ1) is 57.8. The van der Waals surface area contributed by atoms with Gasteiger partial charge in [-0.1, -0.05) is 83.8 Å². The molecule has 1 aliphatic heterocycles. The monoisotopic (exact) mass is 932 g/mol. The van der Waals surface area contributed by atoms with Crippen molar-refractivity contribution in [2.75, 3.05) is 33.3 Å². The van der Waals surface area contributed by atoms with Crippen LogP contribution >= 0.6 is 0 Å². The summed E-state index contributed by atoms with van der Waals surface area (Å²) < 4.78 is 17.5. The topological polar surface area (TPSA) is 318 Å². The number of nitrogens with one attached hydrogen (secondary N) is 7. The van der Waals surface area contributed by atoms with Crippen LogP contribution in [0.15, 0.2) is 48.2 Å². The molecule has 1 rings (SSSR count). The summed E-state index contributed by atoms with van der Waals surface area (Å²) in [5, 5.41) is 16.7. The third-order valence-corrected chi connectivity index (χ3v) is 10.2. The number of hydrogen-bond acceptors (Lipinski definition) is 12. The van der Waals surface area contributed by atoms with E-state index in [2.05, 4.69) is 44.1 Å². The van der Waals surface area contributed by atoms with E-state index in [1.54, 1.807) is 32.9 Å². The van der Waals surface area contributed by atoms with Gasteiger partial charge in [-0.05, 0) is 57.9 Å². The maximum absolute atomic E-state index is 14.1. The van der Waals surface area contributed by atoms with Gasteiger partial charge in [0, 0.05) is 32.7 Å². The number of nitrogens with two attached hydrogens (primary N) is 2. The van der Waals surface area contributed by atoms with E-state index < -0.39 is 109 Å². The van der Waals surface area contributed by atoms with Gasteiger partial charge < -0.3 is 62.9 Å². The van der Waals surface area contributed by atoms with Crippen LogP contribution in [-0.2, 0) is 47.8 Å². The molecular weight excluding hydrogens is 859 g/mol. The predicted molar refractivity (Wildman–Crippen MR) is 245 cm³/mol. The Morgan fingerprint density at radius 1 is 0.879 bits per heavy atom. The van der Waals surface area contributed by atoms with Gasteiger partial charge in [-0.25, -0.2) is 9.59 Å². The largest absolute Gasteiger partial charge is 0.460 e. The van der Waals surface area contributed by atoms with E-state index in [1.165, 1.54) is 46.0 Å². The molecule has 1 heterocycles. The Kier molecular flexibility index (Phi) is 27.7. The zero-order valence-corrected chi connectivity index (χ0v) is 39.5. The van der Waals surface area contributed by atoms with Crippen molar-refractivity contribution in [3.63, 3.8) is 0 Å². The molecule has 370 valence electrons. The number of methoxy groups -OCH3 is 1. The molecule has 0 spiro atoms. The molecule has 0 aromatic carbocycles. The molecule has 0 fully saturated rings. The standard InChI is InChI=1S/C45H73N9O12/c1-8-10-11-12-13-14-15-16-17-20-30(64-7)25-35-45(5,6)42(61)65-34(29(3)4)22-23-36(55)52-31(19-9-2)41(60)54-32(21-18-24-48-43(46)62)39(58)49-27-37(56)53-33(26-51-44(47)63)40(59)50-28-38(57)66-35/h15-17,19-20,22-23,29-30,32-35H,8-14,18,21,24-28H2,1-7H3,(H,49,58)(H,50,59)(H,52,55)(H,53,56)(H,54,60)(H3,46,48,62)(H3,47,51,63)/b16-15+,20-17+,23-22+,31-19+/t30-,32+,33?,34-,35?/m0/s1. The van der Waals surface area contributed by atoms with Crippen molar-refractivity contribution in [2.45, 2.75) is 136 Å². The van der Waals surface area contributed by atoms with Crippen LogP contribution in [0.4, 0.5) is 9.59 Å². The number of ether oxygens (including phenoxy) is 3. The second-order valence-corrected chi connectivity index (χ2v) is 16.5. The van der Waals surface area contributed by atoms with E-state index in [4.69, 9.17) is 25.7 Å². The zero-order valence-electron chi connectivity index (χ0n) is 39.5. The Labute approximate surface area is 387 Å². The molecule has 0 saturated carbocycles. The molecule has 21 heteroatoms. The van der Waals surface area contributed by atoms with E-state index >= 15 is 0 Å². The van der Waals surface area contributed by atoms with E-state index in [-0.39, 0.29) is 43.8 Å². The number of carbonyl (C=O) groups is 9. The lowest BCUT2D eigenvalue weighted by Gasteiger charge is -2.34. The number of carbonyl (C=O) groups excluding carboxylic acids is 9. The maximum Gasteiger partial charge on any atom is 0.325 e. The van der Waals surface area contributed by atoms with Gasteiger partial charge in [0.15, 0.2) is 0 Å². The lowest BCUT2D eigenvalue weighted by Crippen LogP contribution is -2.56. The van der Waals surface area contributed by atoms with E-state index in [0.717, 1.165) is 31.8 Å². The summed E-state index contributed by atoms with van der Waals surface area (Å²) in [6.45, 7) is 8.44. The lowest BCUT2D eigenvalue weighted by molar-refractivity contribution is -0.175. The van der Waals surface area contributed by atoms with Gasteiger partial charge in [-0.2, -0.15) is 0 Å². The average molecular weight is 932 g/mol.